The summed E-state index contributed by atoms with van der Waals surface area (Å²) in [6.07, 6.45) is 1.91. The van der Waals surface area contributed by atoms with Gasteiger partial charge in [0.25, 0.3) is 0 Å². The minimum atomic E-state index is -0.599. The Morgan fingerprint density at radius 3 is 2.54 bits per heavy atom. The third-order valence-electron chi connectivity index (χ3n) is 3.53. The van der Waals surface area contributed by atoms with Gasteiger partial charge in [-0.15, -0.1) is 0 Å². The number of carbonyl (C=O) groups excluding carboxylic acids is 2. The highest BCUT2D eigenvalue weighted by Crippen LogP contribution is 2.11. The van der Waals surface area contributed by atoms with E-state index in [0.717, 1.165) is 6.42 Å². The third-order valence-corrected chi connectivity index (χ3v) is 3.53. The maximum atomic E-state index is 12.2. The number of nitrogens with zero attached hydrogens (tertiary/aromatic N) is 3. The summed E-state index contributed by atoms with van der Waals surface area (Å²) in [5.41, 5.74) is 0.600. The molecule has 0 saturated heterocycles. The Hall–Kier alpha value is -2.83. The first-order valence-electron chi connectivity index (χ1n) is 8.54. The highest BCUT2D eigenvalue weighted by molar-refractivity contribution is 5.93. The molecule has 0 saturated carbocycles. The van der Waals surface area contributed by atoms with Gasteiger partial charge in [-0.2, -0.15) is 5.10 Å². The number of benzene rings is 1. The van der Waals surface area contributed by atoms with E-state index in [9.17, 15) is 9.59 Å². The number of hydrogen-bond donors (Lipinski definition) is 1. The van der Waals surface area contributed by atoms with Crippen LogP contribution in [0.1, 0.15) is 26.3 Å². The van der Waals surface area contributed by atoms with E-state index in [2.05, 4.69) is 22.5 Å². The van der Waals surface area contributed by atoms with Crippen molar-refractivity contribution < 1.29 is 14.3 Å². The van der Waals surface area contributed by atoms with Crippen LogP contribution >= 0.6 is 0 Å². The van der Waals surface area contributed by atoms with E-state index in [1.165, 1.54) is 17.5 Å². The number of amides is 2. The van der Waals surface area contributed by atoms with Crippen molar-refractivity contribution in [1.29, 1.82) is 0 Å². The summed E-state index contributed by atoms with van der Waals surface area (Å²) in [6, 6.07) is 11.8. The molecule has 0 aliphatic rings. The summed E-state index contributed by atoms with van der Waals surface area (Å²) < 4.78 is 6.97. The van der Waals surface area contributed by atoms with E-state index < -0.39 is 11.7 Å². The molecule has 0 atom stereocenters. The average molecular weight is 358 g/mol. The quantitative estimate of drug-likeness (QED) is 0.861. The Morgan fingerprint density at radius 2 is 1.88 bits per heavy atom. The van der Waals surface area contributed by atoms with Crippen molar-refractivity contribution in [3.63, 3.8) is 0 Å². The van der Waals surface area contributed by atoms with Gasteiger partial charge in [-0.1, -0.05) is 30.3 Å². The molecule has 7 nitrogen and oxygen atoms in total. The van der Waals surface area contributed by atoms with Crippen LogP contribution in [0.2, 0.25) is 0 Å². The Balaban J connectivity index is 1.87. The summed E-state index contributed by atoms with van der Waals surface area (Å²) in [5.74, 6) is 0.295. The number of hydrogen-bond acceptors (Lipinski definition) is 4. The van der Waals surface area contributed by atoms with Crippen molar-refractivity contribution in [3.05, 3.63) is 48.2 Å². The van der Waals surface area contributed by atoms with E-state index in [1.54, 1.807) is 37.7 Å². The highest BCUT2D eigenvalue weighted by atomic mass is 16.6. The van der Waals surface area contributed by atoms with Gasteiger partial charge in [0.1, 0.15) is 18.0 Å². The van der Waals surface area contributed by atoms with Crippen molar-refractivity contribution in [2.24, 2.45) is 0 Å². The third kappa shape index (κ3) is 6.23. The fourth-order valence-electron chi connectivity index (χ4n) is 2.30. The summed E-state index contributed by atoms with van der Waals surface area (Å²) in [5, 5.41) is 7.03. The second-order valence-corrected chi connectivity index (χ2v) is 7.06. The minimum Gasteiger partial charge on any atom is -0.444 e. The van der Waals surface area contributed by atoms with Crippen LogP contribution in [-0.2, 0) is 22.5 Å². The normalized spacial score (nSPS) is 11.1. The Labute approximate surface area is 153 Å². The van der Waals surface area contributed by atoms with Gasteiger partial charge < -0.3 is 15.0 Å². The van der Waals surface area contributed by atoms with Crippen molar-refractivity contribution in [2.75, 3.05) is 18.9 Å². The summed E-state index contributed by atoms with van der Waals surface area (Å²) in [4.78, 5) is 25.4. The molecule has 26 heavy (non-hydrogen) atoms. The summed E-state index contributed by atoms with van der Waals surface area (Å²) >= 11 is 0. The maximum absolute atomic E-state index is 12.2. The molecule has 0 unspecified atom stereocenters. The number of aryl methyl sites for hydroxylation is 2. The molecule has 2 amide bonds. The SMILES string of the molecule is CN(CC(=O)Nc1ccnn1CCc1ccccc1)C(=O)OC(C)(C)C. The fourth-order valence-corrected chi connectivity index (χ4v) is 2.30. The molecule has 1 aromatic carbocycles. The lowest BCUT2D eigenvalue weighted by atomic mass is 10.1. The molecule has 0 radical (unpaired) electrons. The minimum absolute atomic E-state index is 0.0984. The predicted octanol–water partition coefficient (Wildman–Crippen LogP) is 2.93. The highest BCUT2D eigenvalue weighted by Gasteiger charge is 2.21. The van der Waals surface area contributed by atoms with Crippen molar-refractivity contribution >= 4 is 17.8 Å². The van der Waals surface area contributed by atoms with Crippen molar-refractivity contribution in [1.82, 2.24) is 14.7 Å². The maximum Gasteiger partial charge on any atom is 0.410 e. The molecule has 2 rings (SSSR count). The first kappa shape index (κ1) is 19.5. The van der Waals surface area contributed by atoms with Gasteiger partial charge in [0.15, 0.2) is 0 Å². The topological polar surface area (TPSA) is 76.5 Å². The molecule has 0 bridgehead atoms. The zero-order valence-electron chi connectivity index (χ0n) is 15.7. The van der Waals surface area contributed by atoms with Crippen LogP contribution in [0, 0.1) is 0 Å². The molecule has 0 fully saturated rings. The van der Waals surface area contributed by atoms with E-state index in [1.807, 2.05) is 18.2 Å². The molecule has 0 aliphatic heterocycles. The Kier molecular flexibility index (Phi) is 6.38. The number of aromatic nitrogens is 2. The first-order chi connectivity index (χ1) is 12.2. The van der Waals surface area contributed by atoms with Gasteiger partial charge in [0.05, 0.1) is 6.20 Å². The molecule has 1 N–H and O–H groups in total. The average Bonchev–Trinajstić information content (AvgIpc) is 2.99. The van der Waals surface area contributed by atoms with Crippen LogP contribution in [0.4, 0.5) is 10.6 Å². The number of rotatable bonds is 6. The van der Waals surface area contributed by atoms with Crippen LogP contribution in [0.3, 0.4) is 0 Å². The summed E-state index contributed by atoms with van der Waals surface area (Å²) in [7, 11) is 1.53. The smallest absolute Gasteiger partial charge is 0.410 e. The zero-order chi connectivity index (χ0) is 19.2. The molecule has 0 aliphatic carbocycles. The number of nitrogens with one attached hydrogen (secondary N) is 1. The van der Waals surface area contributed by atoms with E-state index in [0.29, 0.717) is 12.4 Å². The lowest BCUT2D eigenvalue weighted by molar-refractivity contribution is -0.117. The number of ether oxygens (including phenoxy) is 1. The van der Waals surface area contributed by atoms with Gasteiger partial charge in [0.2, 0.25) is 5.91 Å². The molecular weight excluding hydrogens is 332 g/mol. The largest absolute Gasteiger partial charge is 0.444 e. The van der Waals surface area contributed by atoms with Gasteiger partial charge in [0, 0.05) is 19.7 Å². The van der Waals surface area contributed by atoms with Crippen LogP contribution < -0.4 is 5.32 Å². The van der Waals surface area contributed by atoms with E-state index in [4.69, 9.17) is 4.74 Å². The van der Waals surface area contributed by atoms with Crippen LogP contribution in [0.5, 0.6) is 0 Å². The zero-order valence-corrected chi connectivity index (χ0v) is 15.7. The predicted molar refractivity (Wildman–Crippen MR) is 99.9 cm³/mol. The fraction of sp³-hybridized carbons (Fsp3) is 0.421. The van der Waals surface area contributed by atoms with Gasteiger partial charge in [-0.3, -0.25) is 4.79 Å². The second kappa shape index (κ2) is 8.51. The number of likely N-dealkylation sites (N-methyl/N-ethyl adjacent to an activating group) is 1. The standard InChI is InChI=1S/C19H26N4O3/c1-19(2,3)26-18(25)22(4)14-17(24)21-16-10-12-20-23(16)13-11-15-8-6-5-7-9-15/h5-10,12H,11,13-14H2,1-4H3,(H,21,24). The van der Waals surface area contributed by atoms with E-state index >= 15 is 0 Å². The Bertz CT molecular complexity index is 735. The second-order valence-electron chi connectivity index (χ2n) is 7.06. The Morgan fingerprint density at radius 1 is 1.19 bits per heavy atom. The lowest BCUT2D eigenvalue weighted by Gasteiger charge is -2.24. The van der Waals surface area contributed by atoms with Crippen molar-refractivity contribution in [2.45, 2.75) is 39.3 Å². The molecule has 1 heterocycles. The lowest BCUT2D eigenvalue weighted by Crippen LogP contribution is -2.39. The van der Waals surface area contributed by atoms with Gasteiger partial charge in [-0.25, -0.2) is 9.48 Å². The summed E-state index contributed by atoms with van der Waals surface area (Å²) in [6.45, 7) is 5.89. The number of carbonyl (C=O) groups is 2. The molecule has 140 valence electrons. The molecule has 1 aromatic heterocycles. The van der Waals surface area contributed by atoms with Crippen LogP contribution in [0.15, 0.2) is 42.6 Å². The van der Waals surface area contributed by atoms with Crippen LogP contribution in [-0.4, -0.2) is 45.9 Å². The van der Waals surface area contributed by atoms with Crippen LogP contribution in [0.25, 0.3) is 0 Å². The monoisotopic (exact) mass is 358 g/mol. The van der Waals surface area contributed by atoms with E-state index in [-0.39, 0.29) is 12.5 Å². The molecule has 2 aromatic rings. The van der Waals surface area contributed by atoms with Crippen molar-refractivity contribution in [3.8, 4) is 0 Å². The number of anilines is 1. The molecule has 7 heteroatoms. The first-order valence-corrected chi connectivity index (χ1v) is 8.54. The molecule has 0 spiro atoms. The van der Waals surface area contributed by atoms with Gasteiger partial charge >= 0.3 is 6.09 Å². The molecular formula is C19H26N4O3. The van der Waals surface area contributed by atoms with Gasteiger partial charge in [-0.05, 0) is 32.8 Å².